The first kappa shape index (κ1) is 12.4. The molecule has 0 atom stereocenters. The summed E-state index contributed by atoms with van der Waals surface area (Å²) in [7, 11) is 2.02. The molecule has 0 radical (unpaired) electrons. The van der Waals surface area contributed by atoms with Crippen molar-refractivity contribution in [3.63, 3.8) is 0 Å². The summed E-state index contributed by atoms with van der Waals surface area (Å²) in [4.78, 5) is 10.6. The average molecular weight is 264 g/mol. The molecule has 0 saturated heterocycles. The van der Waals surface area contributed by atoms with Crippen LogP contribution >= 0.6 is 0 Å². The normalized spacial score (nSPS) is 10.7. The van der Waals surface area contributed by atoms with E-state index in [4.69, 9.17) is 5.73 Å². The lowest BCUT2D eigenvalue weighted by Crippen LogP contribution is -2.18. The summed E-state index contributed by atoms with van der Waals surface area (Å²) >= 11 is 0. The first-order chi connectivity index (χ1) is 9.75. The van der Waals surface area contributed by atoms with E-state index in [2.05, 4.69) is 14.9 Å². The highest BCUT2D eigenvalue weighted by Crippen LogP contribution is 2.30. The van der Waals surface area contributed by atoms with Crippen molar-refractivity contribution >= 4 is 22.1 Å². The fourth-order valence-corrected chi connectivity index (χ4v) is 2.33. The SMILES string of the molecule is CN(Cc1ccccn1)c1ccc2cnccc2c1N. The molecule has 0 spiro atoms. The van der Waals surface area contributed by atoms with Gasteiger partial charge in [-0.2, -0.15) is 0 Å². The van der Waals surface area contributed by atoms with Crippen LogP contribution in [-0.4, -0.2) is 17.0 Å². The molecule has 100 valence electrons. The number of pyridine rings is 2. The van der Waals surface area contributed by atoms with Crippen LogP contribution in [0.5, 0.6) is 0 Å². The molecule has 0 fully saturated rings. The predicted octanol–water partition coefficient (Wildman–Crippen LogP) is 2.85. The van der Waals surface area contributed by atoms with Crippen molar-refractivity contribution in [3.8, 4) is 0 Å². The molecule has 0 unspecified atom stereocenters. The summed E-state index contributed by atoms with van der Waals surface area (Å²) in [6.07, 6.45) is 5.40. The van der Waals surface area contributed by atoms with Crippen LogP contribution in [0.2, 0.25) is 0 Å². The van der Waals surface area contributed by atoms with Crippen LogP contribution in [0.25, 0.3) is 10.8 Å². The highest BCUT2D eigenvalue weighted by atomic mass is 15.1. The molecule has 2 N–H and O–H groups in total. The van der Waals surface area contributed by atoms with Crippen LogP contribution in [0.3, 0.4) is 0 Å². The lowest BCUT2D eigenvalue weighted by Gasteiger charge is -2.21. The van der Waals surface area contributed by atoms with Crippen LogP contribution in [-0.2, 0) is 6.54 Å². The van der Waals surface area contributed by atoms with Crippen molar-refractivity contribution in [2.24, 2.45) is 0 Å². The second kappa shape index (κ2) is 5.17. The maximum atomic E-state index is 6.28. The Labute approximate surface area is 117 Å². The summed E-state index contributed by atoms with van der Waals surface area (Å²) in [5, 5.41) is 2.09. The monoisotopic (exact) mass is 264 g/mol. The fourth-order valence-electron chi connectivity index (χ4n) is 2.33. The van der Waals surface area contributed by atoms with Crippen molar-refractivity contribution in [3.05, 3.63) is 60.7 Å². The van der Waals surface area contributed by atoms with Crippen LogP contribution in [0.4, 0.5) is 11.4 Å². The van der Waals surface area contributed by atoms with Gasteiger partial charge in [0.15, 0.2) is 0 Å². The van der Waals surface area contributed by atoms with Crippen LogP contribution < -0.4 is 10.6 Å². The number of hydrogen-bond acceptors (Lipinski definition) is 4. The Morgan fingerprint density at radius 3 is 2.80 bits per heavy atom. The maximum Gasteiger partial charge on any atom is 0.0632 e. The van der Waals surface area contributed by atoms with Crippen molar-refractivity contribution in [1.29, 1.82) is 0 Å². The standard InChI is InChI=1S/C16H16N4/c1-20(11-13-4-2-3-8-19-13)15-6-5-12-10-18-9-7-14(12)16(15)17/h2-10H,11,17H2,1H3. The minimum absolute atomic E-state index is 0.724. The Bertz CT molecular complexity index is 725. The number of anilines is 2. The second-order valence-electron chi connectivity index (χ2n) is 4.77. The average Bonchev–Trinajstić information content (AvgIpc) is 2.49. The first-order valence-electron chi connectivity index (χ1n) is 6.49. The van der Waals surface area contributed by atoms with Gasteiger partial charge in [0.1, 0.15) is 0 Å². The second-order valence-corrected chi connectivity index (χ2v) is 4.77. The fraction of sp³-hybridized carbons (Fsp3) is 0.125. The third kappa shape index (κ3) is 2.28. The minimum Gasteiger partial charge on any atom is -0.397 e. The van der Waals surface area contributed by atoms with Gasteiger partial charge in [-0.3, -0.25) is 9.97 Å². The van der Waals surface area contributed by atoms with E-state index in [1.165, 1.54) is 0 Å². The number of nitrogens with two attached hydrogens (primary N) is 1. The number of fused-ring (bicyclic) bond motifs is 1. The van der Waals surface area contributed by atoms with E-state index >= 15 is 0 Å². The van der Waals surface area contributed by atoms with Gasteiger partial charge in [0, 0.05) is 36.4 Å². The van der Waals surface area contributed by atoms with E-state index in [0.29, 0.717) is 0 Å². The molecular formula is C16H16N4. The molecule has 4 nitrogen and oxygen atoms in total. The highest BCUT2D eigenvalue weighted by Gasteiger charge is 2.09. The van der Waals surface area contributed by atoms with E-state index < -0.39 is 0 Å². The largest absolute Gasteiger partial charge is 0.397 e. The molecule has 3 aromatic rings. The third-order valence-electron chi connectivity index (χ3n) is 3.38. The van der Waals surface area contributed by atoms with Crippen LogP contribution in [0, 0.1) is 0 Å². The zero-order valence-corrected chi connectivity index (χ0v) is 11.3. The smallest absolute Gasteiger partial charge is 0.0632 e. The topological polar surface area (TPSA) is 55.0 Å². The van der Waals surface area contributed by atoms with Gasteiger partial charge in [-0.15, -0.1) is 0 Å². The number of benzene rings is 1. The summed E-state index contributed by atoms with van der Waals surface area (Å²) in [5.41, 5.74) is 9.09. The number of rotatable bonds is 3. The van der Waals surface area contributed by atoms with Gasteiger partial charge in [0.2, 0.25) is 0 Å². The molecule has 0 amide bonds. The summed E-state index contributed by atoms with van der Waals surface area (Å²) in [6.45, 7) is 0.724. The molecule has 0 aliphatic carbocycles. The van der Waals surface area contributed by atoms with E-state index in [1.54, 1.807) is 12.4 Å². The predicted molar refractivity (Wildman–Crippen MR) is 82.5 cm³/mol. The third-order valence-corrected chi connectivity index (χ3v) is 3.38. The number of nitrogens with zero attached hydrogens (tertiary/aromatic N) is 3. The lowest BCUT2D eigenvalue weighted by atomic mass is 10.1. The van der Waals surface area contributed by atoms with E-state index in [1.807, 2.05) is 49.6 Å². The van der Waals surface area contributed by atoms with Crippen molar-refractivity contribution in [2.45, 2.75) is 6.54 Å². The van der Waals surface area contributed by atoms with Gasteiger partial charge in [-0.25, -0.2) is 0 Å². The minimum atomic E-state index is 0.724. The lowest BCUT2D eigenvalue weighted by molar-refractivity contribution is 0.887. The van der Waals surface area contributed by atoms with Crippen molar-refractivity contribution < 1.29 is 0 Å². The molecule has 1 aromatic carbocycles. The molecule has 2 heterocycles. The number of nitrogen functional groups attached to an aromatic ring is 1. The van der Waals surface area contributed by atoms with E-state index in [-0.39, 0.29) is 0 Å². The molecule has 0 aliphatic rings. The van der Waals surface area contributed by atoms with E-state index in [9.17, 15) is 0 Å². The Morgan fingerprint density at radius 1 is 1.10 bits per heavy atom. The zero-order valence-electron chi connectivity index (χ0n) is 11.3. The molecule has 4 heteroatoms. The molecule has 0 aliphatic heterocycles. The molecule has 2 aromatic heterocycles. The van der Waals surface area contributed by atoms with Crippen LogP contribution in [0.1, 0.15) is 5.69 Å². The summed E-state index contributed by atoms with van der Waals surface area (Å²) < 4.78 is 0. The molecule has 0 bridgehead atoms. The first-order valence-corrected chi connectivity index (χ1v) is 6.49. The number of hydrogen-bond donors (Lipinski definition) is 1. The van der Waals surface area contributed by atoms with Gasteiger partial charge in [-0.1, -0.05) is 12.1 Å². The van der Waals surface area contributed by atoms with Crippen molar-refractivity contribution in [1.82, 2.24) is 9.97 Å². The van der Waals surface area contributed by atoms with Gasteiger partial charge in [-0.05, 0) is 24.3 Å². The molecular weight excluding hydrogens is 248 g/mol. The highest BCUT2D eigenvalue weighted by molar-refractivity contribution is 5.98. The van der Waals surface area contributed by atoms with Gasteiger partial charge < -0.3 is 10.6 Å². The summed E-state index contributed by atoms with van der Waals surface area (Å²) in [5.74, 6) is 0. The van der Waals surface area contributed by atoms with Gasteiger partial charge in [0.25, 0.3) is 0 Å². The molecule has 3 rings (SSSR count). The Balaban J connectivity index is 1.95. The quantitative estimate of drug-likeness (QED) is 0.739. The Morgan fingerprint density at radius 2 is 2.00 bits per heavy atom. The molecule has 20 heavy (non-hydrogen) atoms. The zero-order chi connectivity index (χ0) is 13.9. The summed E-state index contributed by atoms with van der Waals surface area (Å²) in [6, 6.07) is 11.9. The van der Waals surface area contributed by atoms with E-state index in [0.717, 1.165) is 34.4 Å². The van der Waals surface area contributed by atoms with Crippen LogP contribution in [0.15, 0.2) is 55.0 Å². The van der Waals surface area contributed by atoms with Gasteiger partial charge >= 0.3 is 0 Å². The molecule has 0 saturated carbocycles. The maximum absolute atomic E-state index is 6.28. The number of aromatic nitrogens is 2. The van der Waals surface area contributed by atoms with Gasteiger partial charge in [0.05, 0.1) is 23.6 Å². The Kier molecular flexibility index (Phi) is 3.21. The Hall–Kier alpha value is -2.62. The van der Waals surface area contributed by atoms with Crippen molar-refractivity contribution in [2.75, 3.05) is 17.7 Å².